The first-order valence-corrected chi connectivity index (χ1v) is 8.54. The smallest absolute Gasteiger partial charge is 0.270 e. The molecule has 4 aromatic rings. The fourth-order valence-electron chi connectivity index (χ4n) is 3.00. The number of hydrogen-bond acceptors (Lipinski definition) is 4. The molecule has 0 fully saturated rings. The van der Waals surface area contributed by atoms with Crippen LogP contribution in [0.1, 0.15) is 27.8 Å². The van der Waals surface area contributed by atoms with E-state index in [2.05, 4.69) is 15.3 Å². The molecule has 0 radical (unpaired) electrons. The van der Waals surface area contributed by atoms with Crippen molar-refractivity contribution in [1.29, 1.82) is 0 Å². The number of carbonyl (C=O) groups excluding carboxylic acids is 1. The number of aromatic nitrogens is 4. The van der Waals surface area contributed by atoms with E-state index in [1.807, 2.05) is 0 Å². The van der Waals surface area contributed by atoms with Gasteiger partial charge in [0, 0.05) is 31.8 Å². The van der Waals surface area contributed by atoms with Crippen molar-refractivity contribution < 1.29 is 9.18 Å². The van der Waals surface area contributed by atoms with Gasteiger partial charge in [-0.05, 0) is 29.8 Å². The fourth-order valence-corrected chi connectivity index (χ4v) is 3.00. The largest absolute Gasteiger partial charge is 0.338 e. The number of halogens is 1. The molecule has 1 N–H and O–H groups in total. The average Bonchev–Trinajstić information content (AvgIpc) is 3.13. The molecule has 8 heteroatoms. The van der Waals surface area contributed by atoms with Gasteiger partial charge < -0.3 is 9.88 Å². The number of amides is 1. The highest BCUT2D eigenvalue weighted by Crippen LogP contribution is 2.21. The monoisotopic (exact) mass is 377 g/mol. The van der Waals surface area contributed by atoms with Gasteiger partial charge in [-0.2, -0.15) is 0 Å². The van der Waals surface area contributed by atoms with Gasteiger partial charge in [0.25, 0.3) is 11.5 Å². The van der Waals surface area contributed by atoms with Crippen LogP contribution in [-0.4, -0.2) is 24.8 Å². The maximum Gasteiger partial charge on any atom is 0.270 e. The van der Waals surface area contributed by atoms with Crippen LogP contribution in [0.4, 0.5) is 4.39 Å². The Hall–Kier alpha value is -3.81. The minimum atomic E-state index is -0.663. The van der Waals surface area contributed by atoms with Crippen molar-refractivity contribution >= 4 is 11.6 Å². The van der Waals surface area contributed by atoms with Crippen LogP contribution in [0, 0.1) is 5.82 Å². The molecule has 0 bridgehead atoms. The molecule has 7 nitrogen and oxygen atoms in total. The number of fused-ring (bicyclic) bond motifs is 1. The van der Waals surface area contributed by atoms with Gasteiger partial charge >= 0.3 is 0 Å². The Morgan fingerprint density at radius 3 is 2.61 bits per heavy atom. The first kappa shape index (κ1) is 17.6. The molecule has 1 amide bonds. The normalized spacial score (nSPS) is 12.1. The summed E-state index contributed by atoms with van der Waals surface area (Å²) in [7, 11) is 1.79. The summed E-state index contributed by atoms with van der Waals surface area (Å²) in [5.74, 6) is -0.424. The summed E-state index contributed by atoms with van der Waals surface area (Å²) < 4.78 is 16.4. The minimum Gasteiger partial charge on any atom is -0.338 e. The quantitative estimate of drug-likeness (QED) is 0.590. The van der Waals surface area contributed by atoms with Crippen molar-refractivity contribution in [3.63, 3.8) is 0 Å². The number of rotatable bonds is 4. The van der Waals surface area contributed by atoms with Gasteiger partial charge in [-0.25, -0.2) is 14.4 Å². The lowest BCUT2D eigenvalue weighted by Crippen LogP contribution is -2.35. The molecule has 0 spiro atoms. The van der Waals surface area contributed by atoms with Crippen molar-refractivity contribution in [2.45, 2.75) is 6.04 Å². The number of imidazole rings is 1. The van der Waals surface area contributed by atoms with E-state index in [0.717, 1.165) is 0 Å². The molecule has 0 aliphatic carbocycles. The highest BCUT2D eigenvalue weighted by atomic mass is 19.1. The molecule has 0 aliphatic heterocycles. The number of nitrogens with zero attached hydrogens (tertiary/aromatic N) is 4. The molecule has 1 aromatic carbocycles. The molecule has 0 saturated heterocycles. The Kier molecular flexibility index (Phi) is 4.44. The Balaban J connectivity index is 1.74. The van der Waals surface area contributed by atoms with E-state index in [0.29, 0.717) is 17.0 Å². The zero-order valence-corrected chi connectivity index (χ0v) is 14.9. The van der Waals surface area contributed by atoms with Crippen LogP contribution in [-0.2, 0) is 7.05 Å². The molecule has 3 aromatic heterocycles. The van der Waals surface area contributed by atoms with E-state index < -0.39 is 17.5 Å². The van der Waals surface area contributed by atoms with Crippen LogP contribution in [0.25, 0.3) is 5.65 Å². The SMILES string of the molecule is Cn1ccnc1C(NC(=O)c1cnc2ccccn2c1=O)c1ccc(F)cc1. The minimum absolute atomic E-state index is 0.0926. The Morgan fingerprint density at radius 2 is 1.89 bits per heavy atom. The number of hydrogen-bond donors (Lipinski definition) is 1. The highest BCUT2D eigenvalue weighted by molar-refractivity contribution is 5.94. The predicted octanol–water partition coefficient (Wildman–Crippen LogP) is 2.09. The molecule has 0 aliphatic rings. The summed E-state index contributed by atoms with van der Waals surface area (Å²) in [4.78, 5) is 34.0. The van der Waals surface area contributed by atoms with Gasteiger partial charge in [-0.1, -0.05) is 18.2 Å². The van der Waals surface area contributed by atoms with Crippen LogP contribution in [0.3, 0.4) is 0 Å². The van der Waals surface area contributed by atoms with Crippen LogP contribution in [0.15, 0.2) is 72.0 Å². The third-order valence-electron chi connectivity index (χ3n) is 4.45. The second kappa shape index (κ2) is 7.07. The molecule has 1 unspecified atom stereocenters. The second-order valence-corrected chi connectivity index (χ2v) is 6.26. The highest BCUT2D eigenvalue weighted by Gasteiger charge is 2.23. The van der Waals surface area contributed by atoms with Gasteiger partial charge in [0.05, 0.1) is 0 Å². The number of aryl methyl sites for hydroxylation is 1. The first-order chi connectivity index (χ1) is 13.5. The van der Waals surface area contributed by atoms with E-state index in [9.17, 15) is 14.0 Å². The topological polar surface area (TPSA) is 81.3 Å². The lowest BCUT2D eigenvalue weighted by atomic mass is 10.1. The van der Waals surface area contributed by atoms with Crippen molar-refractivity contribution in [2.24, 2.45) is 7.05 Å². The van der Waals surface area contributed by atoms with Gasteiger partial charge in [0.15, 0.2) is 0 Å². The maximum absolute atomic E-state index is 13.3. The van der Waals surface area contributed by atoms with Crippen molar-refractivity contribution in [3.8, 4) is 0 Å². The summed E-state index contributed by atoms with van der Waals surface area (Å²) in [5, 5.41) is 2.82. The number of carbonyl (C=O) groups is 1. The lowest BCUT2D eigenvalue weighted by Gasteiger charge is -2.19. The van der Waals surface area contributed by atoms with Crippen LogP contribution in [0.2, 0.25) is 0 Å². The van der Waals surface area contributed by atoms with E-state index >= 15 is 0 Å². The van der Waals surface area contributed by atoms with Crippen molar-refractivity contribution in [3.05, 3.63) is 100 Å². The second-order valence-electron chi connectivity index (χ2n) is 6.26. The Labute approximate surface area is 159 Å². The zero-order valence-electron chi connectivity index (χ0n) is 14.9. The van der Waals surface area contributed by atoms with E-state index in [-0.39, 0.29) is 11.4 Å². The zero-order chi connectivity index (χ0) is 19.7. The van der Waals surface area contributed by atoms with Gasteiger partial charge in [-0.3, -0.25) is 14.0 Å². The maximum atomic E-state index is 13.3. The number of pyridine rings is 1. The van der Waals surface area contributed by atoms with Crippen LogP contribution < -0.4 is 10.9 Å². The summed E-state index contributed by atoms with van der Waals surface area (Å²) >= 11 is 0. The number of benzene rings is 1. The molecule has 0 saturated carbocycles. The standard InChI is InChI=1S/C20H16FN5O2/c1-25-11-9-22-18(25)17(13-5-7-14(21)8-6-13)24-19(27)15-12-23-16-4-2-3-10-26(16)20(15)28/h2-12,17H,1H3,(H,24,27). The lowest BCUT2D eigenvalue weighted by molar-refractivity contribution is 0.0939. The van der Waals surface area contributed by atoms with Crippen LogP contribution >= 0.6 is 0 Å². The van der Waals surface area contributed by atoms with Crippen LogP contribution in [0.5, 0.6) is 0 Å². The third kappa shape index (κ3) is 3.16. The van der Waals surface area contributed by atoms with Gasteiger partial charge in [0.1, 0.15) is 28.9 Å². The molecule has 28 heavy (non-hydrogen) atoms. The molecule has 3 heterocycles. The summed E-state index contributed by atoms with van der Waals surface area (Å²) in [6, 6.07) is 10.2. The fraction of sp³-hybridized carbons (Fsp3) is 0.100. The molecule has 1 atom stereocenters. The Morgan fingerprint density at radius 1 is 1.11 bits per heavy atom. The molecule has 4 rings (SSSR count). The molecular formula is C20H16FN5O2. The summed E-state index contributed by atoms with van der Waals surface area (Å²) in [6.45, 7) is 0. The molecular weight excluding hydrogens is 361 g/mol. The number of nitrogens with one attached hydrogen (secondary N) is 1. The summed E-state index contributed by atoms with van der Waals surface area (Å²) in [6.07, 6.45) is 6.15. The van der Waals surface area contributed by atoms with E-state index in [1.54, 1.807) is 60.5 Å². The van der Waals surface area contributed by atoms with E-state index in [1.165, 1.54) is 22.7 Å². The average molecular weight is 377 g/mol. The Bertz CT molecular complexity index is 1210. The predicted molar refractivity (Wildman–Crippen MR) is 100 cm³/mol. The van der Waals surface area contributed by atoms with Crippen molar-refractivity contribution in [2.75, 3.05) is 0 Å². The van der Waals surface area contributed by atoms with Gasteiger partial charge in [0.2, 0.25) is 0 Å². The van der Waals surface area contributed by atoms with Gasteiger partial charge in [-0.15, -0.1) is 0 Å². The molecule has 140 valence electrons. The van der Waals surface area contributed by atoms with Crippen molar-refractivity contribution in [1.82, 2.24) is 24.3 Å². The first-order valence-electron chi connectivity index (χ1n) is 8.54. The summed E-state index contributed by atoms with van der Waals surface area (Å²) in [5.41, 5.74) is 0.520. The van der Waals surface area contributed by atoms with E-state index in [4.69, 9.17) is 0 Å². The third-order valence-corrected chi connectivity index (χ3v) is 4.45.